The molecule has 0 aliphatic rings. The smallest absolute Gasteiger partial charge is 0.106 e. The Morgan fingerprint density at radius 3 is 1.14 bits per heavy atom. The van der Waals surface area contributed by atoms with Crippen LogP contribution in [0.3, 0.4) is 0 Å². The van der Waals surface area contributed by atoms with Gasteiger partial charge in [0.05, 0.1) is 0 Å². The van der Waals surface area contributed by atoms with E-state index < -0.39 is 0 Å². The third-order valence-corrected chi connectivity index (χ3v) is 0.167. The second-order valence-electron chi connectivity index (χ2n) is 0.471. The molecule has 0 spiro atoms. The van der Waals surface area contributed by atoms with Gasteiger partial charge in [0.1, 0.15) is 6.79 Å². The van der Waals surface area contributed by atoms with Crippen molar-refractivity contribution in [3.8, 4) is 0 Å². The van der Waals surface area contributed by atoms with Crippen LogP contribution in [0.5, 0.6) is 0 Å². The Morgan fingerprint density at radius 1 is 1.00 bits per heavy atom. The van der Waals surface area contributed by atoms with E-state index in [1.54, 1.807) is 12.2 Å². The third-order valence-electron chi connectivity index (χ3n) is 0.167. The van der Waals surface area contributed by atoms with Crippen molar-refractivity contribution in [2.24, 2.45) is 0 Å². The van der Waals surface area contributed by atoms with Crippen LogP contribution in [-0.4, -0.2) is 6.79 Å². The summed E-state index contributed by atoms with van der Waals surface area (Å²) in [5.74, 6) is 0. The molecule has 0 aromatic carbocycles. The van der Waals surface area contributed by atoms with Crippen LogP contribution in [-0.2, 0) is 21.9 Å². The van der Waals surface area contributed by atoms with Crippen LogP contribution in [0.4, 0.5) is 0 Å². The van der Waals surface area contributed by atoms with Gasteiger partial charge in [-0.25, -0.2) is 0 Å². The summed E-state index contributed by atoms with van der Waals surface area (Å²) in [5, 5.41) is 0. The molecule has 1 nitrogen and oxygen atoms in total. The van der Waals surface area contributed by atoms with E-state index in [0.29, 0.717) is 0 Å². The molecule has 0 bridgehead atoms. The average molecular weight is 140 g/mol. The fourth-order valence-corrected chi connectivity index (χ4v) is 0. The summed E-state index contributed by atoms with van der Waals surface area (Å²) in [6.07, 6.45) is 3.28. The average Bonchev–Trinajstić information content (AvgIpc) is 1.72. The van der Waals surface area contributed by atoms with Crippen molar-refractivity contribution < 1.29 is 21.9 Å². The Balaban J connectivity index is -0.0000000480. The first kappa shape index (κ1) is 15.9. The van der Waals surface area contributed by atoms with E-state index >= 15 is 0 Å². The zero-order chi connectivity index (χ0) is 5.41. The fourth-order valence-electron chi connectivity index (χ4n) is 0. The summed E-state index contributed by atoms with van der Waals surface area (Å²) in [6.45, 7) is 8.72. The fraction of sp³-hybridized carbons (Fsp3) is 0. The predicted molar refractivity (Wildman–Crippen MR) is 27.5 cm³/mol. The Labute approximate surface area is 54.6 Å². The maximum atomic E-state index is 8.00. The molecule has 0 atom stereocenters. The molecule has 0 rings (SSSR count). The molecule has 0 aliphatic heterocycles. The van der Waals surface area contributed by atoms with Gasteiger partial charge in [-0.3, -0.25) is 0 Å². The molecule has 0 unspecified atom stereocenters. The SMILES string of the molecule is C=CC=C.C=O.[Fe]. The van der Waals surface area contributed by atoms with Gasteiger partial charge >= 0.3 is 0 Å². The van der Waals surface area contributed by atoms with Gasteiger partial charge in [-0.1, -0.05) is 25.3 Å². The monoisotopic (exact) mass is 140 g/mol. The maximum Gasteiger partial charge on any atom is 0.106 e. The van der Waals surface area contributed by atoms with Gasteiger partial charge in [0, 0.05) is 17.1 Å². The van der Waals surface area contributed by atoms with E-state index in [9.17, 15) is 0 Å². The van der Waals surface area contributed by atoms with Crippen LogP contribution < -0.4 is 0 Å². The van der Waals surface area contributed by atoms with Crippen LogP contribution >= 0.6 is 0 Å². The molecular weight excluding hydrogens is 132 g/mol. The quantitative estimate of drug-likeness (QED) is 0.394. The second kappa shape index (κ2) is 44.4. The summed E-state index contributed by atoms with van der Waals surface area (Å²) >= 11 is 0. The van der Waals surface area contributed by atoms with Gasteiger partial charge in [0.2, 0.25) is 0 Å². The number of hydrogen-bond donors (Lipinski definition) is 0. The van der Waals surface area contributed by atoms with Crippen molar-refractivity contribution in [3.05, 3.63) is 25.3 Å². The van der Waals surface area contributed by atoms with Crippen molar-refractivity contribution in [1.82, 2.24) is 0 Å². The minimum absolute atomic E-state index is 0. The molecule has 0 fully saturated rings. The first-order valence-electron chi connectivity index (χ1n) is 1.44. The number of hydrogen-bond acceptors (Lipinski definition) is 1. The standard InChI is InChI=1S/C4H6.CH2O.Fe/c1-3-4-2;1-2;/h3-4H,1-2H2;1H2;. The molecule has 0 aliphatic carbocycles. The van der Waals surface area contributed by atoms with Gasteiger partial charge in [0.25, 0.3) is 0 Å². The van der Waals surface area contributed by atoms with Gasteiger partial charge in [-0.05, 0) is 0 Å². The second-order valence-corrected chi connectivity index (χ2v) is 0.471. The van der Waals surface area contributed by atoms with E-state index in [2.05, 4.69) is 13.2 Å². The normalized spacial score (nSPS) is 3.43. The molecule has 0 N–H and O–H groups in total. The summed E-state index contributed by atoms with van der Waals surface area (Å²) in [6, 6.07) is 0. The molecule has 0 amide bonds. The molecule has 0 aromatic heterocycles. The van der Waals surface area contributed by atoms with E-state index in [-0.39, 0.29) is 17.1 Å². The minimum atomic E-state index is 0. The summed E-state index contributed by atoms with van der Waals surface area (Å²) < 4.78 is 0. The summed E-state index contributed by atoms with van der Waals surface area (Å²) in [5.41, 5.74) is 0. The Kier molecular flexibility index (Phi) is 101. The van der Waals surface area contributed by atoms with Crippen molar-refractivity contribution in [1.29, 1.82) is 0 Å². The van der Waals surface area contributed by atoms with Crippen molar-refractivity contribution in [2.45, 2.75) is 0 Å². The van der Waals surface area contributed by atoms with E-state index in [0.717, 1.165) is 0 Å². The van der Waals surface area contributed by atoms with Gasteiger partial charge in [0.15, 0.2) is 0 Å². The Hall–Kier alpha value is -0.331. The van der Waals surface area contributed by atoms with Crippen molar-refractivity contribution in [2.75, 3.05) is 0 Å². The van der Waals surface area contributed by atoms with Crippen molar-refractivity contribution >= 4 is 6.79 Å². The van der Waals surface area contributed by atoms with Gasteiger partial charge in [-0.2, -0.15) is 0 Å². The largest absolute Gasteiger partial charge is 0.307 e. The predicted octanol–water partition coefficient (Wildman–Crippen LogP) is 1.17. The molecule has 0 saturated carbocycles. The van der Waals surface area contributed by atoms with E-state index in [1.165, 1.54) is 0 Å². The van der Waals surface area contributed by atoms with Crippen LogP contribution in [0.2, 0.25) is 0 Å². The summed E-state index contributed by atoms with van der Waals surface area (Å²) in [7, 11) is 0. The molecule has 0 saturated heterocycles. The number of carbonyl (C=O) groups is 1. The third kappa shape index (κ3) is 170. The van der Waals surface area contributed by atoms with Gasteiger partial charge < -0.3 is 4.79 Å². The minimum Gasteiger partial charge on any atom is -0.307 e. The zero-order valence-corrected chi connectivity index (χ0v) is 5.14. The number of allylic oxidation sites excluding steroid dienone is 2. The molecule has 42 valence electrons. The molecular formula is C5H8FeO. The number of rotatable bonds is 1. The first-order chi connectivity index (χ1) is 2.91. The molecule has 2 heteroatoms. The van der Waals surface area contributed by atoms with Crippen LogP contribution in [0.1, 0.15) is 0 Å². The molecule has 0 radical (unpaired) electrons. The van der Waals surface area contributed by atoms with Crippen LogP contribution in [0.15, 0.2) is 25.3 Å². The zero-order valence-electron chi connectivity index (χ0n) is 4.04. The molecule has 0 heterocycles. The molecule has 0 aromatic rings. The number of carbonyl (C=O) groups excluding carboxylic acids is 1. The van der Waals surface area contributed by atoms with Crippen molar-refractivity contribution in [3.63, 3.8) is 0 Å². The van der Waals surface area contributed by atoms with Crippen LogP contribution in [0, 0.1) is 0 Å². The first-order valence-corrected chi connectivity index (χ1v) is 1.44. The Morgan fingerprint density at radius 2 is 1.14 bits per heavy atom. The van der Waals surface area contributed by atoms with E-state index in [1.807, 2.05) is 6.79 Å². The maximum absolute atomic E-state index is 8.00. The topological polar surface area (TPSA) is 17.1 Å². The van der Waals surface area contributed by atoms with Crippen LogP contribution in [0.25, 0.3) is 0 Å². The van der Waals surface area contributed by atoms with Gasteiger partial charge in [-0.15, -0.1) is 0 Å². The molecule has 7 heavy (non-hydrogen) atoms. The Bertz CT molecular complexity index is 37.3. The van der Waals surface area contributed by atoms with E-state index in [4.69, 9.17) is 4.79 Å². The summed E-state index contributed by atoms with van der Waals surface area (Å²) in [4.78, 5) is 8.00.